The van der Waals surface area contributed by atoms with Crippen LogP contribution in [0.25, 0.3) is 28.6 Å². The second-order valence-electron chi connectivity index (χ2n) is 6.92. The fourth-order valence-corrected chi connectivity index (χ4v) is 3.53. The summed E-state index contributed by atoms with van der Waals surface area (Å²) in [6, 6.07) is 26.4. The summed E-state index contributed by atoms with van der Waals surface area (Å²) in [7, 11) is 3.37. The van der Waals surface area contributed by atoms with Gasteiger partial charge in [0, 0.05) is 11.1 Å². The lowest BCUT2D eigenvalue weighted by Gasteiger charge is -2.11. The molecule has 0 saturated carbocycles. The van der Waals surface area contributed by atoms with Gasteiger partial charge in [-0.2, -0.15) is 5.10 Å². The van der Waals surface area contributed by atoms with Crippen LogP contribution in [0.1, 0.15) is 11.1 Å². The van der Waals surface area contributed by atoms with Gasteiger partial charge in [-0.15, -0.1) is 0 Å². The lowest BCUT2D eigenvalue weighted by atomic mass is 10.1. The van der Waals surface area contributed by atoms with Crippen LogP contribution in [0.3, 0.4) is 0 Å². The fraction of sp³-hybridized carbons (Fsp3) is 0.115. The van der Waals surface area contributed by atoms with E-state index in [1.165, 1.54) is 0 Å². The van der Waals surface area contributed by atoms with Crippen LogP contribution in [-0.4, -0.2) is 24.0 Å². The first kappa shape index (κ1) is 19.5. The summed E-state index contributed by atoms with van der Waals surface area (Å²) >= 11 is 0. The first-order valence-electron chi connectivity index (χ1n) is 9.79. The predicted molar refractivity (Wildman–Crippen MR) is 122 cm³/mol. The molecule has 0 saturated heterocycles. The number of hydrogen-bond donors (Lipinski definition) is 0. The van der Waals surface area contributed by atoms with Crippen molar-refractivity contribution in [1.29, 1.82) is 0 Å². The number of rotatable bonds is 7. The highest BCUT2D eigenvalue weighted by molar-refractivity contribution is 5.75. The van der Waals surface area contributed by atoms with Gasteiger partial charge in [0.15, 0.2) is 0 Å². The summed E-state index contributed by atoms with van der Waals surface area (Å²) < 4.78 is 13.2. The van der Waals surface area contributed by atoms with E-state index in [0.29, 0.717) is 6.54 Å². The Hall–Kier alpha value is -3.79. The zero-order valence-electron chi connectivity index (χ0n) is 17.2. The van der Waals surface area contributed by atoms with Crippen LogP contribution in [0.5, 0.6) is 11.5 Å². The molecule has 4 heteroatoms. The monoisotopic (exact) mass is 396 g/mol. The third-order valence-electron chi connectivity index (χ3n) is 5.09. The van der Waals surface area contributed by atoms with Crippen LogP contribution in [-0.2, 0) is 6.54 Å². The smallest absolute Gasteiger partial charge is 0.128 e. The quantitative estimate of drug-likeness (QED) is 0.389. The molecule has 4 aromatic rings. The molecule has 0 aliphatic carbocycles. The average molecular weight is 396 g/mol. The number of ether oxygens (including phenoxy) is 2. The largest absolute Gasteiger partial charge is 0.496 e. The number of hydrogen-bond acceptors (Lipinski definition) is 3. The molecule has 4 nitrogen and oxygen atoms in total. The van der Waals surface area contributed by atoms with Crippen molar-refractivity contribution in [2.45, 2.75) is 6.54 Å². The summed E-state index contributed by atoms with van der Waals surface area (Å²) in [5.41, 5.74) is 6.05. The first-order chi connectivity index (χ1) is 14.7. The maximum atomic E-state index is 5.62. The second-order valence-corrected chi connectivity index (χ2v) is 6.92. The minimum absolute atomic E-state index is 0.639. The Labute approximate surface area is 177 Å². The minimum Gasteiger partial charge on any atom is -0.496 e. The first-order valence-corrected chi connectivity index (χ1v) is 9.79. The van der Waals surface area contributed by atoms with Crippen molar-refractivity contribution in [3.63, 3.8) is 0 Å². The van der Waals surface area contributed by atoms with Gasteiger partial charge in [0.2, 0.25) is 0 Å². The molecule has 4 rings (SSSR count). The third kappa shape index (κ3) is 3.85. The molecule has 0 amide bonds. The molecule has 0 fully saturated rings. The molecule has 1 aromatic heterocycles. The topological polar surface area (TPSA) is 36.3 Å². The van der Waals surface area contributed by atoms with Crippen molar-refractivity contribution in [2.24, 2.45) is 0 Å². The van der Waals surface area contributed by atoms with E-state index in [4.69, 9.17) is 14.6 Å². The molecule has 0 aliphatic rings. The lowest BCUT2D eigenvalue weighted by Crippen LogP contribution is -2.04. The van der Waals surface area contributed by atoms with Crippen LogP contribution in [0.15, 0.2) is 85.4 Å². The van der Waals surface area contributed by atoms with Crippen molar-refractivity contribution in [2.75, 3.05) is 14.2 Å². The maximum absolute atomic E-state index is 5.62. The van der Waals surface area contributed by atoms with Gasteiger partial charge in [-0.25, -0.2) is 0 Å². The van der Waals surface area contributed by atoms with Gasteiger partial charge < -0.3 is 9.47 Å². The molecule has 3 aromatic carbocycles. The number of methoxy groups -OCH3 is 2. The lowest BCUT2D eigenvalue weighted by molar-refractivity contribution is 0.416. The number of benzene rings is 3. The third-order valence-corrected chi connectivity index (χ3v) is 5.09. The fourth-order valence-electron chi connectivity index (χ4n) is 3.53. The van der Waals surface area contributed by atoms with Gasteiger partial charge >= 0.3 is 0 Å². The van der Waals surface area contributed by atoms with Gasteiger partial charge in [0.25, 0.3) is 0 Å². The van der Waals surface area contributed by atoms with Gasteiger partial charge in [-0.3, -0.25) is 4.68 Å². The SMILES string of the molecule is C=Cc1ccc(Cn2nc(-c3ccccc3OC)cc2-c2ccccc2OC)cc1. The molecule has 0 aliphatic heterocycles. The van der Waals surface area contributed by atoms with Crippen molar-refractivity contribution in [3.8, 4) is 34.0 Å². The van der Waals surface area contributed by atoms with Crippen LogP contribution < -0.4 is 9.47 Å². The Kier molecular flexibility index (Phi) is 5.66. The summed E-state index contributed by atoms with van der Waals surface area (Å²) in [6.45, 7) is 4.47. The zero-order valence-corrected chi connectivity index (χ0v) is 17.2. The van der Waals surface area contributed by atoms with Gasteiger partial charge in [-0.05, 0) is 41.5 Å². The molecule has 0 bridgehead atoms. The Morgan fingerprint density at radius 3 is 2.07 bits per heavy atom. The van der Waals surface area contributed by atoms with E-state index in [1.54, 1.807) is 14.2 Å². The average Bonchev–Trinajstić information content (AvgIpc) is 3.22. The van der Waals surface area contributed by atoms with Crippen LogP contribution >= 0.6 is 0 Å². The van der Waals surface area contributed by atoms with Crippen molar-refractivity contribution >= 4 is 6.08 Å². The van der Waals surface area contributed by atoms with Crippen molar-refractivity contribution in [1.82, 2.24) is 9.78 Å². The van der Waals surface area contributed by atoms with Crippen molar-refractivity contribution in [3.05, 3.63) is 96.6 Å². The van der Waals surface area contributed by atoms with Crippen molar-refractivity contribution < 1.29 is 9.47 Å². The number of nitrogens with zero attached hydrogens (tertiary/aromatic N) is 2. The minimum atomic E-state index is 0.639. The van der Waals surface area contributed by atoms with E-state index in [-0.39, 0.29) is 0 Å². The van der Waals surface area contributed by atoms with E-state index in [0.717, 1.165) is 45.1 Å². The molecule has 0 N–H and O–H groups in total. The Balaban J connectivity index is 1.84. The predicted octanol–water partition coefficient (Wildman–Crippen LogP) is 5.93. The highest BCUT2D eigenvalue weighted by Gasteiger charge is 2.17. The standard InChI is InChI=1S/C26H24N2O2/c1-4-19-13-15-20(16-14-19)18-28-24(22-10-6-8-12-26(22)30-3)17-23(27-28)21-9-5-7-11-25(21)29-2/h4-17H,1,18H2,2-3H3. The van der Waals surface area contributed by atoms with Gasteiger partial charge in [0.1, 0.15) is 11.5 Å². The molecular formula is C26H24N2O2. The molecular weight excluding hydrogens is 372 g/mol. The van der Waals surface area contributed by atoms with Gasteiger partial charge in [0.05, 0.1) is 32.2 Å². The van der Waals surface area contributed by atoms with E-state index >= 15 is 0 Å². The normalized spacial score (nSPS) is 10.6. The highest BCUT2D eigenvalue weighted by atomic mass is 16.5. The summed E-state index contributed by atoms with van der Waals surface area (Å²) in [4.78, 5) is 0. The van der Waals surface area contributed by atoms with Gasteiger partial charge in [-0.1, -0.05) is 61.2 Å². The molecule has 1 heterocycles. The summed E-state index contributed by atoms with van der Waals surface area (Å²) in [6.07, 6.45) is 1.84. The number of aromatic nitrogens is 2. The Bertz CT molecular complexity index is 1160. The van der Waals surface area contributed by atoms with Crippen LogP contribution in [0.2, 0.25) is 0 Å². The van der Waals surface area contributed by atoms with E-state index in [2.05, 4.69) is 43.0 Å². The molecule has 0 atom stereocenters. The van der Waals surface area contributed by atoms with Crippen LogP contribution in [0, 0.1) is 0 Å². The highest BCUT2D eigenvalue weighted by Crippen LogP contribution is 2.35. The molecule has 0 radical (unpaired) electrons. The molecule has 0 spiro atoms. The summed E-state index contributed by atoms with van der Waals surface area (Å²) in [5, 5.41) is 4.94. The van der Waals surface area contributed by atoms with E-state index < -0.39 is 0 Å². The molecule has 0 unspecified atom stereocenters. The maximum Gasteiger partial charge on any atom is 0.128 e. The summed E-state index contributed by atoms with van der Waals surface area (Å²) in [5.74, 6) is 1.61. The zero-order chi connectivity index (χ0) is 20.9. The second kappa shape index (κ2) is 8.70. The van der Waals surface area contributed by atoms with E-state index in [1.807, 2.05) is 53.2 Å². The number of para-hydroxylation sites is 2. The van der Waals surface area contributed by atoms with E-state index in [9.17, 15) is 0 Å². The Morgan fingerprint density at radius 2 is 1.43 bits per heavy atom. The Morgan fingerprint density at radius 1 is 0.833 bits per heavy atom. The molecule has 150 valence electrons. The van der Waals surface area contributed by atoms with Crippen LogP contribution in [0.4, 0.5) is 0 Å². The molecule has 30 heavy (non-hydrogen) atoms.